The molecule has 0 fully saturated rings. The number of nitrogens with zero attached hydrogens (tertiary/aromatic N) is 2. The number of rotatable bonds is 1. The summed E-state index contributed by atoms with van der Waals surface area (Å²) < 4.78 is 0. The third-order valence-corrected chi connectivity index (χ3v) is 1.57. The molecule has 0 amide bonds. The zero-order valence-corrected chi connectivity index (χ0v) is 5.98. The SMILES string of the molecule is O=C(O)c1nccc2cn[nH]c12. The zero-order valence-electron chi connectivity index (χ0n) is 5.98. The number of aromatic amines is 1. The van der Waals surface area contributed by atoms with E-state index in [9.17, 15) is 4.79 Å². The number of carboxylic acids is 1. The average molecular weight is 163 g/mol. The van der Waals surface area contributed by atoms with Crippen LogP contribution >= 0.6 is 0 Å². The lowest BCUT2D eigenvalue weighted by Gasteiger charge is -1.92. The minimum Gasteiger partial charge on any atom is -0.476 e. The van der Waals surface area contributed by atoms with Gasteiger partial charge in [-0.1, -0.05) is 0 Å². The van der Waals surface area contributed by atoms with Crippen LogP contribution in [0.5, 0.6) is 0 Å². The summed E-state index contributed by atoms with van der Waals surface area (Å²) in [4.78, 5) is 14.3. The Morgan fingerprint density at radius 1 is 1.58 bits per heavy atom. The highest BCUT2D eigenvalue weighted by molar-refractivity contribution is 5.99. The van der Waals surface area contributed by atoms with Gasteiger partial charge in [0.15, 0.2) is 5.69 Å². The van der Waals surface area contributed by atoms with Crippen LogP contribution < -0.4 is 0 Å². The number of hydrogen-bond donors (Lipinski definition) is 2. The van der Waals surface area contributed by atoms with Crippen LogP contribution in [0.2, 0.25) is 0 Å². The molecule has 0 saturated heterocycles. The average Bonchev–Trinajstić information content (AvgIpc) is 2.49. The quantitative estimate of drug-likeness (QED) is 0.647. The normalized spacial score (nSPS) is 10.3. The first-order chi connectivity index (χ1) is 5.79. The number of aromatic carboxylic acids is 1. The Morgan fingerprint density at radius 2 is 2.42 bits per heavy atom. The van der Waals surface area contributed by atoms with E-state index in [0.717, 1.165) is 5.39 Å². The smallest absolute Gasteiger partial charge is 0.356 e. The van der Waals surface area contributed by atoms with Gasteiger partial charge in [-0.25, -0.2) is 9.78 Å². The van der Waals surface area contributed by atoms with Gasteiger partial charge < -0.3 is 5.11 Å². The molecule has 0 aliphatic carbocycles. The van der Waals surface area contributed by atoms with E-state index >= 15 is 0 Å². The second kappa shape index (κ2) is 2.30. The maximum atomic E-state index is 10.6. The molecule has 0 aromatic carbocycles. The molecule has 0 atom stereocenters. The Morgan fingerprint density at radius 3 is 3.17 bits per heavy atom. The molecule has 2 rings (SSSR count). The summed E-state index contributed by atoms with van der Waals surface area (Å²) in [5.74, 6) is -1.05. The first-order valence-electron chi connectivity index (χ1n) is 3.30. The Labute approximate surface area is 67.1 Å². The van der Waals surface area contributed by atoms with Gasteiger partial charge >= 0.3 is 5.97 Å². The molecule has 5 nitrogen and oxygen atoms in total. The second-order valence-electron chi connectivity index (χ2n) is 2.30. The molecule has 0 aliphatic heterocycles. The van der Waals surface area contributed by atoms with Gasteiger partial charge in [-0.3, -0.25) is 5.10 Å². The van der Waals surface area contributed by atoms with Crippen molar-refractivity contribution in [2.45, 2.75) is 0 Å². The van der Waals surface area contributed by atoms with Crippen molar-refractivity contribution in [1.29, 1.82) is 0 Å². The molecule has 0 bridgehead atoms. The second-order valence-corrected chi connectivity index (χ2v) is 2.30. The van der Waals surface area contributed by atoms with Gasteiger partial charge in [0.05, 0.1) is 11.7 Å². The molecule has 2 aromatic rings. The van der Waals surface area contributed by atoms with Crippen molar-refractivity contribution in [3.05, 3.63) is 24.2 Å². The van der Waals surface area contributed by atoms with E-state index in [0.29, 0.717) is 5.52 Å². The molecule has 0 aliphatic rings. The van der Waals surface area contributed by atoms with Crippen LogP contribution in [0.4, 0.5) is 0 Å². The van der Waals surface area contributed by atoms with Crippen LogP contribution in [-0.4, -0.2) is 26.3 Å². The van der Waals surface area contributed by atoms with Crippen molar-refractivity contribution < 1.29 is 9.90 Å². The first-order valence-corrected chi connectivity index (χ1v) is 3.30. The van der Waals surface area contributed by atoms with Gasteiger partial charge in [0.2, 0.25) is 0 Å². The molecule has 60 valence electrons. The van der Waals surface area contributed by atoms with Crippen LogP contribution in [0.15, 0.2) is 18.5 Å². The van der Waals surface area contributed by atoms with Crippen molar-refractivity contribution in [2.24, 2.45) is 0 Å². The zero-order chi connectivity index (χ0) is 8.55. The lowest BCUT2D eigenvalue weighted by atomic mass is 10.2. The monoisotopic (exact) mass is 163 g/mol. The Hall–Kier alpha value is -1.91. The van der Waals surface area contributed by atoms with Crippen LogP contribution in [-0.2, 0) is 0 Å². The van der Waals surface area contributed by atoms with Crippen molar-refractivity contribution in [1.82, 2.24) is 15.2 Å². The summed E-state index contributed by atoms with van der Waals surface area (Å²) in [5, 5.41) is 15.7. The number of aromatic nitrogens is 3. The molecule has 0 spiro atoms. The number of pyridine rings is 1. The number of carboxylic acid groups (broad SMARTS) is 1. The predicted octanol–water partition coefficient (Wildman–Crippen LogP) is 0.656. The molecule has 5 heteroatoms. The van der Waals surface area contributed by atoms with Gasteiger partial charge in [-0.05, 0) is 6.07 Å². The standard InChI is InChI=1S/C7H5N3O2/c11-7(12)6-5-4(1-2-8-6)3-9-10-5/h1-3H,(H,9,10)(H,11,12). The van der Waals surface area contributed by atoms with Gasteiger partial charge in [-0.2, -0.15) is 5.10 Å². The fourth-order valence-corrected chi connectivity index (χ4v) is 1.03. The molecular formula is C7H5N3O2. The molecule has 2 heterocycles. The highest BCUT2D eigenvalue weighted by atomic mass is 16.4. The summed E-state index contributed by atoms with van der Waals surface area (Å²) in [6.07, 6.45) is 3.00. The minimum absolute atomic E-state index is 0.00463. The molecule has 2 N–H and O–H groups in total. The highest BCUT2D eigenvalue weighted by Gasteiger charge is 2.10. The summed E-state index contributed by atoms with van der Waals surface area (Å²) >= 11 is 0. The maximum absolute atomic E-state index is 10.6. The number of H-pyrrole nitrogens is 1. The van der Waals surface area contributed by atoms with Crippen LogP contribution in [0.3, 0.4) is 0 Å². The highest BCUT2D eigenvalue weighted by Crippen LogP contribution is 2.12. The molecule has 12 heavy (non-hydrogen) atoms. The first kappa shape index (κ1) is 6.78. The summed E-state index contributed by atoms with van der Waals surface area (Å²) in [6.45, 7) is 0. The molecular weight excluding hydrogens is 158 g/mol. The Bertz CT molecular complexity index is 435. The lowest BCUT2D eigenvalue weighted by Crippen LogP contribution is -2.00. The predicted molar refractivity (Wildman–Crippen MR) is 40.8 cm³/mol. The van der Waals surface area contributed by atoms with Gasteiger partial charge in [-0.15, -0.1) is 0 Å². The van der Waals surface area contributed by atoms with E-state index in [4.69, 9.17) is 5.11 Å². The molecule has 2 aromatic heterocycles. The van der Waals surface area contributed by atoms with Gasteiger partial charge in [0, 0.05) is 11.6 Å². The Balaban J connectivity index is 2.82. The summed E-state index contributed by atoms with van der Waals surface area (Å²) in [6, 6.07) is 1.70. The van der Waals surface area contributed by atoms with E-state index in [1.54, 1.807) is 12.3 Å². The fourth-order valence-electron chi connectivity index (χ4n) is 1.03. The van der Waals surface area contributed by atoms with E-state index < -0.39 is 5.97 Å². The topological polar surface area (TPSA) is 78.9 Å². The van der Waals surface area contributed by atoms with Crippen molar-refractivity contribution >= 4 is 16.9 Å². The molecule has 0 radical (unpaired) electrons. The van der Waals surface area contributed by atoms with Crippen molar-refractivity contribution in [3.8, 4) is 0 Å². The third kappa shape index (κ3) is 0.833. The molecule has 0 saturated carbocycles. The number of nitrogens with one attached hydrogen (secondary N) is 1. The number of carbonyl (C=O) groups is 1. The Kier molecular flexibility index (Phi) is 1.30. The van der Waals surface area contributed by atoms with Crippen LogP contribution in [0, 0.1) is 0 Å². The number of fused-ring (bicyclic) bond motifs is 1. The van der Waals surface area contributed by atoms with Crippen LogP contribution in [0.1, 0.15) is 10.5 Å². The molecule has 0 unspecified atom stereocenters. The summed E-state index contributed by atoms with van der Waals surface area (Å²) in [7, 11) is 0. The van der Waals surface area contributed by atoms with Gasteiger partial charge in [0.25, 0.3) is 0 Å². The minimum atomic E-state index is -1.05. The lowest BCUT2D eigenvalue weighted by molar-refractivity contribution is 0.0692. The van der Waals surface area contributed by atoms with E-state index in [-0.39, 0.29) is 5.69 Å². The third-order valence-electron chi connectivity index (χ3n) is 1.57. The van der Waals surface area contributed by atoms with Crippen LogP contribution in [0.25, 0.3) is 10.9 Å². The van der Waals surface area contributed by atoms with Crippen molar-refractivity contribution in [2.75, 3.05) is 0 Å². The fraction of sp³-hybridized carbons (Fsp3) is 0. The maximum Gasteiger partial charge on any atom is 0.356 e. The van der Waals surface area contributed by atoms with Crippen molar-refractivity contribution in [3.63, 3.8) is 0 Å². The summed E-state index contributed by atoms with van der Waals surface area (Å²) in [5.41, 5.74) is 0.468. The van der Waals surface area contributed by atoms with Gasteiger partial charge in [0.1, 0.15) is 0 Å². The number of hydrogen-bond acceptors (Lipinski definition) is 3. The van der Waals surface area contributed by atoms with E-state index in [1.165, 1.54) is 6.20 Å². The largest absolute Gasteiger partial charge is 0.476 e. The van der Waals surface area contributed by atoms with E-state index in [2.05, 4.69) is 15.2 Å². The van der Waals surface area contributed by atoms with E-state index in [1.807, 2.05) is 0 Å².